The second-order valence-electron chi connectivity index (χ2n) is 7.59. The van der Waals surface area contributed by atoms with E-state index in [1.165, 1.54) is 11.3 Å². The van der Waals surface area contributed by atoms with E-state index in [4.69, 9.17) is 5.10 Å². The predicted octanol–water partition coefficient (Wildman–Crippen LogP) is 4.20. The highest BCUT2D eigenvalue weighted by atomic mass is 32.1. The van der Waals surface area contributed by atoms with E-state index in [0.29, 0.717) is 31.9 Å². The molecule has 2 aromatic heterocycles. The summed E-state index contributed by atoms with van der Waals surface area (Å²) in [5.41, 5.74) is 3.07. The number of piperazine rings is 1. The first kappa shape index (κ1) is 20.2. The van der Waals surface area contributed by atoms with Gasteiger partial charge in [0.05, 0.1) is 16.3 Å². The van der Waals surface area contributed by atoms with E-state index in [1.54, 1.807) is 4.68 Å². The quantitative estimate of drug-likeness (QED) is 0.476. The molecule has 4 aromatic rings. The van der Waals surface area contributed by atoms with E-state index in [9.17, 15) is 9.59 Å². The number of aromatic nitrogens is 2. The summed E-state index contributed by atoms with van der Waals surface area (Å²) >= 11 is 1.45. The first-order valence-corrected chi connectivity index (χ1v) is 11.4. The Labute approximate surface area is 190 Å². The third kappa shape index (κ3) is 3.94. The summed E-state index contributed by atoms with van der Waals surface area (Å²) in [6.07, 6.45) is 0. The number of rotatable bonds is 4. The molecule has 2 aromatic carbocycles. The molecule has 7 heteroatoms. The van der Waals surface area contributed by atoms with E-state index in [0.717, 1.165) is 21.8 Å². The number of amides is 2. The van der Waals surface area contributed by atoms with Gasteiger partial charge in [-0.15, -0.1) is 11.3 Å². The minimum Gasteiger partial charge on any atom is -0.334 e. The fraction of sp³-hybridized carbons (Fsp3) is 0.160. The molecule has 0 saturated carbocycles. The maximum absolute atomic E-state index is 13.5. The van der Waals surface area contributed by atoms with Crippen LogP contribution in [-0.2, 0) is 0 Å². The molecule has 3 heterocycles. The molecule has 0 bridgehead atoms. The third-order valence-corrected chi connectivity index (χ3v) is 6.44. The zero-order chi connectivity index (χ0) is 21.9. The topological polar surface area (TPSA) is 58.4 Å². The Morgan fingerprint density at radius 3 is 2.00 bits per heavy atom. The Bertz CT molecular complexity index is 1210. The van der Waals surface area contributed by atoms with Gasteiger partial charge in [-0.05, 0) is 29.6 Å². The van der Waals surface area contributed by atoms with Crippen LogP contribution in [0, 0.1) is 0 Å². The van der Waals surface area contributed by atoms with Gasteiger partial charge in [-0.2, -0.15) is 5.10 Å². The summed E-state index contributed by atoms with van der Waals surface area (Å²) < 4.78 is 1.72. The molecule has 0 radical (unpaired) electrons. The maximum atomic E-state index is 13.5. The second-order valence-corrected chi connectivity index (χ2v) is 8.54. The molecule has 1 saturated heterocycles. The number of hydrogen-bond donors (Lipinski definition) is 0. The van der Waals surface area contributed by atoms with E-state index < -0.39 is 0 Å². The van der Waals surface area contributed by atoms with Crippen molar-refractivity contribution in [2.24, 2.45) is 0 Å². The fourth-order valence-corrected chi connectivity index (χ4v) is 4.57. The molecule has 1 aliphatic rings. The SMILES string of the molecule is O=C(c1cccs1)N1CCN(C(=O)c2cc(-c3ccccc3)nn2-c2ccccc2)CC1. The van der Waals surface area contributed by atoms with Crippen molar-refractivity contribution in [2.45, 2.75) is 0 Å². The number of carbonyl (C=O) groups excluding carboxylic acids is 2. The van der Waals surface area contributed by atoms with Crippen molar-refractivity contribution in [1.82, 2.24) is 19.6 Å². The number of benzene rings is 2. The average Bonchev–Trinajstić information content (AvgIpc) is 3.55. The van der Waals surface area contributed by atoms with Crippen LogP contribution in [0.4, 0.5) is 0 Å². The van der Waals surface area contributed by atoms with Crippen LogP contribution in [0.1, 0.15) is 20.2 Å². The number of hydrogen-bond acceptors (Lipinski definition) is 4. The lowest BCUT2D eigenvalue weighted by molar-refractivity contribution is 0.0533. The normalized spacial score (nSPS) is 13.9. The molecule has 1 fully saturated rings. The summed E-state index contributed by atoms with van der Waals surface area (Å²) in [6, 6.07) is 25.1. The Kier molecular flexibility index (Phi) is 5.56. The van der Waals surface area contributed by atoms with Gasteiger partial charge in [0.25, 0.3) is 11.8 Å². The van der Waals surface area contributed by atoms with Crippen LogP contribution in [0.2, 0.25) is 0 Å². The van der Waals surface area contributed by atoms with Crippen LogP contribution in [0.25, 0.3) is 16.9 Å². The standard InChI is InChI=1S/C25H22N4O2S/c30-24(27-13-15-28(16-14-27)25(31)23-12-7-17-32-23)22-18-21(19-8-3-1-4-9-19)26-29(22)20-10-5-2-6-11-20/h1-12,17-18H,13-16H2. The molecule has 5 rings (SSSR count). The smallest absolute Gasteiger partial charge is 0.272 e. The van der Waals surface area contributed by atoms with Crippen LogP contribution >= 0.6 is 11.3 Å². The van der Waals surface area contributed by atoms with Gasteiger partial charge < -0.3 is 9.80 Å². The zero-order valence-corrected chi connectivity index (χ0v) is 18.2. The van der Waals surface area contributed by atoms with Gasteiger partial charge in [-0.1, -0.05) is 54.6 Å². The summed E-state index contributed by atoms with van der Waals surface area (Å²) in [6.45, 7) is 2.04. The molecule has 160 valence electrons. The van der Waals surface area contributed by atoms with Gasteiger partial charge in [0.1, 0.15) is 5.69 Å². The van der Waals surface area contributed by atoms with Gasteiger partial charge in [-0.25, -0.2) is 4.68 Å². The molecule has 0 N–H and O–H groups in total. The van der Waals surface area contributed by atoms with Crippen molar-refractivity contribution in [3.05, 3.63) is 94.8 Å². The van der Waals surface area contributed by atoms with Crippen LogP contribution in [0.3, 0.4) is 0 Å². The van der Waals surface area contributed by atoms with Crippen LogP contribution in [0.5, 0.6) is 0 Å². The summed E-state index contributed by atoms with van der Waals surface area (Å²) in [4.78, 5) is 30.5. The summed E-state index contributed by atoms with van der Waals surface area (Å²) in [7, 11) is 0. The zero-order valence-electron chi connectivity index (χ0n) is 17.4. The highest BCUT2D eigenvalue weighted by Crippen LogP contribution is 2.23. The Morgan fingerprint density at radius 2 is 1.38 bits per heavy atom. The average molecular weight is 443 g/mol. The minimum atomic E-state index is -0.0771. The van der Waals surface area contributed by atoms with Crippen LogP contribution in [-0.4, -0.2) is 57.6 Å². The molecule has 2 amide bonds. The first-order valence-electron chi connectivity index (χ1n) is 10.5. The Morgan fingerprint density at radius 1 is 0.750 bits per heavy atom. The lowest BCUT2D eigenvalue weighted by atomic mass is 10.1. The first-order chi connectivity index (χ1) is 15.7. The number of para-hydroxylation sites is 1. The van der Waals surface area contributed by atoms with Gasteiger partial charge in [0, 0.05) is 31.7 Å². The molecule has 0 aliphatic carbocycles. The Hall–Kier alpha value is -3.71. The molecule has 1 aliphatic heterocycles. The van der Waals surface area contributed by atoms with Crippen molar-refractivity contribution in [1.29, 1.82) is 0 Å². The molecule has 0 atom stereocenters. The van der Waals surface area contributed by atoms with E-state index >= 15 is 0 Å². The van der Waals surface area contributed by atoms with Gasteiger partial charge in [0.2, 0.25) is 0 Å². The molecule has 0 unspecified atom stereocenters. The van der Waals surface area contributed by atoms with E-state index in [2.05, 4.69) is 0 Å². The summed E-state index contributed by atoms with van der Waals surface area (Å²) in [5, 5.41) is 6.65. The van der Waals surface area contributed by atoms with Crippen LogP contribution in [0.15, 0.2) is 84.2 Å². The molecule has 32 heavy (non-hydrogen) atoms. The lowest BCUT2D eigenvalue weighted by Crippen LogP contribution is -2.50. The maximum Gasteiger partial charge on any atom is 0.272 e. The molecule has 6 nitrogen and oxygen atoms in total. The van der Waals surface area contributed by atoms with Gasteiger partial charge in [0.15, 0.2) is 0 Å². The number of nitrogens with zero attached hydrogens (tertiary/aromatic N) is 4. The third-order valence-electron chi connectivity index (χ3n) is 5.58. The fourth-order valence-electron chi connectivity index (χ4n) is 3.88. The Balaban J connectivity index is 1.40. The number of carbonyl (C=O) groups is 2. The van der Waals surface area contributed by atoms with Crippen LogP contribution < -0.4 is 0 Å². The van der Waals surface area contributed by atoms with Gasteiger partial charge in [-0.3, -0.25) is 9.59 Å². The minimum absolute atomic E-state index is 0.0350. The second kappa shape index (κ2) is 8.80. The highest BCUT2D eigenvalue weighted by Gasteiger charge is 2.28. The van der Waals surface area contributed by atoms with Crippen molar-refractivity contribution >= 4 is 23.2 Å². The summed E-state index contributed by atoms with van der Waals surface area (Å²) in [5.74, 6) is -0.0421. The number of thiophene rings is 1. The van der Waals surface area contributed by atoms with E-state index in [1.807, 2.05) is 94.0 Å². The van der Waals surface area contributed by atoms with E-state index in [-0.39, 0.29) is 11.8 Å². The largest absolute Gasteiger partial charge is 0.334 e. The molecular weight excluding hydrogens is 420 g/mol. The molecule has 0 spiro atoms. The van der Waals surface area contributed by atoms with Crippen molar-refractivity contribution in [2.75, 3.05) is 26.2 Å². The van der Waals surface area contributed by atoms with Crippen molar-refractivity contribution < 1.29 is 9.59 Å². The monoisotopic (exact) mass is 442 g/mol. The predicted molar refractivity (Wildman–Crippen MR) is 125 cm³/mol. The lowest BCUT2D eigenvalue weighted by Gasteiger charge is -2.34. The highest BCUT2D eigenvalue weighted by molar-refractivity contribution is 7.12. The van der Waals surface area contributed by atoms with Gasteiger partial charge >= 0.3 is 0 Å². The van der Waals surface area contributed by atoms with Crippen molar-refractivity contribution in [3.63, 3.8) is 0 Å². The molecular formula is C25H22N4O2S. The van der Waals surface area contributed by atoms with Crippen molar-refractivity contribution in [3.8, 4) is 16.9 Å².